The predicted molar refractivity (Wildman–Crippen MR) is 106 cm³/mol. The minimum absolute atomic E-state index is 0.133. The minimum Gasteiger partial charge on any atom is -0.493 e. The molecule has 0 aliphatic rings. The molecule has 0 aromatic heterocycles. The third-order valence-corrected chi connectivity index (χ3v) is 3.56. The van der Waals surface area contributed by atoms with Crippen molar-refractivity contribution in [1.29, 1.82) is 0 Å². The summed E-state index contributed by atoms with van der Waals surface area (Å²) in [5.41, 5.74) is 1.71. The zero-order valence-electron chi connectivity index (χ0n) is 16.9. The Morgan fingerprint density at radius 1 is 0.692 bits per heavy atom. The Balaban J connectivity index is 0.000000260. The SMILES string of the molecule is CC(C)(C)CCc1ccc(F)cc1.CC(C)(C)COc1ccc(F)cc1. The standard InChI is InChI=1S/C12H17F.C11H15FO/c1-12(2,3)9-8-10-4-6-11(13)7-5-10;1-11(2,3)8-13-10-6-4-9(12)5-7-10/h4-7H,8-9H2,1-3H3;4-7H,8H2,1-3H3. The normalized spacial score (nSPS) is 11.5. The molecule has 0 radical (unpaired) electrons. The maximum absolute atomic E-state index is 12.6. The lowest BCUT2D eigenvalue weighted by molar-refractivity contribution is 0.198. The third kappa shape index (κ3) is 10.9. The van der Waals surface area contributed by atoms with Gasteiger partial charge in [-0.3, -0.25) is 0 Å². The zero-order valence-corrected chi connectivity index (χ0v) is 16.9. The van der Waals surface area contributed by atoms with E-state index in [0.717, 1.165) is 18.6 Å². The molecule has 0 amide bonds. The fraction of sp³-hybridized carbons (Fsp3) is 0.478. The Morgan fingerprint density at radius 2 is 1.15 bits per heavy atom. The van der Waals surface area contributed by atoms with Gasteiger partial charge in [-0.1, -0.05) is 53.7 Å². The van der Waals surface area contributed by atoms with Gasteiger partial charge in [-0.15, -0.1) is 0 Å². The van der Waals surface area contributed by atoms with Crippen LogP contribution in [0.25, 0.3) is 0 Å². The van der Waals surface area contributed by atoms with E-state index in [0.29, 0.717) is 12.0 Å². The van der Waals surface area contributed by atoms with E-state index in [-0.39, 0.29) is 17.0 Å². The topological polar surface area (TPSA) is 9.23 Å². The highest BCUT2D eigenvalue weighted by molar-refractivity contribution is 5.22. The Labute approximate surface area is 157 Å². The van der Waals surface area contributed by atoms with E-state index in [2.05, 4.69) is 41.5 Å². The number of hydrogen-bond acceptors (Lipinski definition) is 1. The third-order valence-electron chi connectivity index (χ3n) is 3.56. The molecule has 0 aliphatic heterocycles. The van der Waals surface area contributed by atoms with Gasteiger partial charge in [-0.2, -0.15) is 0 Å². The summed E-state index contributed by atoms with van der Waals surface area (Å²) in [7, 11) is 0. The molecular weight excluding hydrogens is 330 g/mol. The smallest absolute Gasteiger partial charge is 0.123 e. The molecule has 0 heterocycles. The maximum atomic E-state index is 12.6. The van der Waals surface area contributed by atoms with Crippen molar-refractivity contribution >= 4 is 0 Å². The van der Waals surface area contributed by atoms with Crippen LogP contribution in [0.3, 0.4) is 0 Å². The fourth-order valence-electron chi connectivity index (χ4n) is 2.00. The molecule has 0 bridgehead atoms. The van der Waals surface area contributed by atoms with Gasteiger partial charge in [0.2, 0.25) is 0 Å². The van der Waals surface area contributed by atoms with Crippen molar-refractivity contribution in [1.82, 2.24) is 0 Å². The van der Waals surface area contributed by atoms with Crippen LogP contribution in [-0.2, 0) is 6.42 Å². The average Bonchev–Trinajstić information content (AvgIpc) is 2.53. The van der Waals surface area contributed by atoms with Crippen LogP contribution < -0.4 is 4.74 Å². The summed E-state index contributed by atoms with van der Waals surface area (Å²) in [6, 6.07) is 12.9. The predicted octanol–water partition coefficient (Wildman–Crippen LogP) is 7.06. The lowest BCUT2D eigenvalue weighted by atomic mass is 9.89. The number of aryl methyl sites for hydroxylation is 1. The highest BCUT2D eigenvalue weighted by Gasteiger charge is 2.11. The van der Waals surface area contributed by atoms with Gasteiger partial charge in [0.1, 0.15) is 17.4 Å². The molecule has 26 heavy (non-hydrogen) atoms. The van der Waals surface area contributed by atoms with E-state index >= 15 is 0 Å². The monoisotopic (exact) mass is 362 g/mol. The maximum Gasteiger partial charge on any atom is 0.123 e. The molecule has 0 saturated carbocycles. The van der Waals surface area contributed by atoms with Crippen LogP contribution >= 0.6 is 0 Å². The van der Waals surface area contributed by atoms with E-state index < -0.39 is 0 Å². The molecular formula is C23H32F2O. The van der Waals surface area contributed by atoms with Crippen molar-refractivity contribution in [2.75, 3.05) is 6.61 Å². The molecule has 3 heteroatoms. The van der Waals surface area contributed by atoms with Crippen molar-refractivity contribution in [3.63, 3.8) is 0 Å². The van der Waals surface area contributed by atoms with Gasteiger partial charge in [-0.05, 0) is 65.6 Å². The molecule has 2 aromatic carbocycles. The molecule has 2 rings (SSSR count). The first kappa shape index (κ1) is 22.1. The molecule has 1 nitrogen and oxygen atoms in total. The van der Waals surface area contributed by atoms with Crippen LogP contribution in [0.1, 0.15) is 53.5 Å². The first-order chi connectivity index (χ1) is 11.9. The molecule has 0 unspecified atom stereocenters. The first-order valence-electron chi connectivity index (χ1n) is 9.07. The number of halogens is 2. The summed E-state index contributed by atoms with van der Waals surface area (Å²) in [5, 5.41) is 0. The number of benzene rings is 2. The summed E-state index contributed by atoms with van der Waals surface area (Å²) in [6.07, 6.45) is 2.17. The average molecular weight is 363 g/mol. The first-order valence-corrected chi connectivity index (χ1v) is 9.07. The van der Waals surface area contributed by atoms with Crippen LogP contribution in [0.5, 0.6) is 5.75 Å². The molecule has 2 aromatic rings. The van der Waals surface area contributed by atoms with Crippen molar-refractivity contribution in [3.8, 4) is 5.75 Å². The van der Waals surface area contributed by atoms with Crippen LogP contribution in [0.2, 0.25) is 0 Å². The van der Waals surface area contributed by atoms with Crippen LogP contribution in [0.15, 0.2) is 48.5 Å². The van der Waals surface area contributed by atoms with E-state index in [1.54, 1.807) is 12.1 Å². The van der Waals surface area contributed by atoms with Crippen LogP contribution in [0.4, 0.5) is 8.78 Å². The van der Waals surface area contributed by atoms with Gasteiger partial charge in [0.25, 0.3) is 0 Å². The van der Waals surface area contributed by atoms with E-state index in [4.69, 9.17) is 4.74 Å². The van der Waals surface area contributed by atoms with Gasteiger partial charge >= 0.3 is 0 Å². The summed E-state index contributed by atoms with van der Waals surface area (Å²) < 4.78 is 30.5. The molecule has 0 spiro atoms. The van der Waals surface area contributed by atoms with Crippen molar-refractivity contribution in [2.24, 2.45) is 10.8 Å². The van der Waals surface area contributed by atoms with E-state index in [9.17, 15) is 8.78 Å². The Bertz CT molecular complexity index is 572. The summed E-state index contributed by atoms with van der Waals surface area (Å²) in [4.78, 5) is 0. The Morgan fingerprint density at radius 3 is 1.58 bits per heavy atom. The van der Waals surface area contributed by atoms with E-state index in [1.165, 1.54) is 29.8 Å². The molecule has 0 N–H and O–H groups in total. The highest BCUT2D eigenvalue weighted by atomic mass is 19.1. The fourth-order valence-corrected chi connectivity index (χ4v) is 2.00. The zero-order chi connectivity index (χ0) is 19.8. The molecule has 0 saturated heterocycles. The van der Waals surface area contributed by atoms with Gasteiger partial charge in [0.15, 0.2) is 0 Å². The van der Waals surface area contributed by atoms with Crippen molar-refractivity contribution < 1.29 is 13.5 Å². The van der Waals surface area contributed by atoms with Gasteiger partial charge in [0, 0.05) is 0 Å². The number of ether oxygens (including phenoxy) is 1. The number of rotatable bonds is 4. The van der Waals surface area contributed by atoms with Gasteiger partial charge in [0.05, 0.1) is 6.61 Å². The van der Waals surface area contributed by atoms with Gasteiger partial charge in [-0.25, -0.2) is 8.78 Å². The molecule has 0 aliphatic carbocycles. The highest BCUT2D eigenvalue weighted by Crippen LogP contribution is 2.21. The Hall–Kier alpha value is -1.90. The van der Waals surface area contributed by atoms with Crippen molar-refractivity contribution in [2.45, 2.75) is 54.4 Å². The second-order valence-corrected chi connectivity index (χ2v) is 8.99. The molecule has 144 valence electrons. The Kier molecular flexibility index (Phi) is 8.26. The van der Waals surface area contributed by atoms with E-state index in [1.807, 2.05) is 12.1 Å². The number of hydrogen-bond donors (Lipinski definition) is 0. The quantitative estimate of drug-likeness (QED) is 0.566. The largest absolute Gasteiger partial charge is 0.493 e. The second-order valence-electron chi connectivity index (χ2n) is 8.99. The molecule has 0 fully saturated rings. The minimum atomic E-state index is -0.233. The lowest BCUT2D eigenvalue weighted by Crippen LogP contribution is -2.16. The second kappa shape index (κ2) is 9.70. The summed E-state index contributed by atoms with van der Waals surface area (Å²) >= 11 is 0. The van der Waals surface area contributed by atoms with Crippen LogP contribution in [0, 0.1) is 22.5 Å². The van der Waals surface area contributed by atoms with Crippen LogP contribution in [-0.4, -0.2) is 6.61 Å². The van der Waals surface area contributed by atoms with Gasteiger partial charge < -0.3 is 4.74 Å². The summed E-state index contributed by atoms with van der Waals surface area (Å²) in [5.74, 6) is 0.332. The summed E-state index contributed by atoms with van der Waals surface area (Å²) in [6.45, 7) is 13.6. The lowest BCUT2D eigenvalue weighted by Gasteiger charge is -2.18. The van der Waals surface area contributed by atoms with Crippen molar-refractivity contribution in [3.05, 3.63) is 65.7 Å². The molecule has 0 atom stereocenters.